The minimum atomic E-state index is -0.485. The molecule has 2 aromatic heterocycles. The standard InChI is InChI=1S/C9H11N3O3/c1-2-3-14-9(13)6-4-5-7(15-6)8(10)12-11-5/h4H,2-3H2,1H3,(H3,10,11,12). The molecule has 0 radical (unpaired) electrons. The van der Waals surface area contributed by atoms with Crippen LogP contribution < -0.4 is 5.73 Å². The number of furan rings is 1. The molecule has 0 amide bonds. The molecule has 0 spiro atoms. The molecule has 6 heteroatoms. The van der Waals surface area contributed by atoms with Crippen LogP contribution in [0.1, 0.15) is 23.9 Å². The van der Waals surface area contributed by atoms with E-state index >= 15 is 0 Å². The zero-order chi connectivity index (χ0) is 10.8. The van der Waals surface area contributed by atoms with Crippen LogP contribution in [-0.2, 0) is 4.74 Å². The molecule has 2 aromatic rings. The molecule has 0 bridgehead atoms. The van der Waals surface area contributed by atoms with E-state index in [1.807, 2.05) is 6.92 Å². The summed E-state index contributed by atoms with van der Waals surface area (Å²) in [6, 6.07) is 1.52. The summed E-state index contributed by atoms with van der Waals surface area (Å²) in [5.41, 5.74) is 6.48. The number of rotatable bonds is 3. The molecule has 0 aromatic carbocycles. The molecular formula is C9H11N3O3. The lowest BCUT2D eigenvalue weighted by atomic mass is 10.4. The molecule has 80 valence electrons. The number of carbonyl (C=O) groups excluding carboxylic acids is 1. The smallest absolute Gasteiger partial charge is 0.374 e. The van der Waals surface area contributed by atoms with Gasteiger partial charge in [0.25, 0.3) is 0 Å². The van der Waals surface area contributed by atoms with E-state index in [4.69, 9.17) is 14.9 Å². The number of ether oxygens (including phenoxy) is 1. The monoisotopic (exact) mass is 209 g/mol. The largest absolute Gasteiger partial charge is 0.460 e. The van der Waals surface area contributed by atoms with Gasteiger partial charge in [-0.15, -0.1) is 0 Å². The SMILES string of the molecule is CCCOC(=O)c1cc2[nH]nc(N)c2o1. The molecule has 0 saturated heterocycles. The van der Waals surface area contributed by atoms with E-state index in [1.54, 1.807) is 0 Å². The predicted octanol–water partition coefficient (Wildman–Crippen LogP) is 1.30. The van der Waals surface area contributed by atoms with Gasteiger partial charge in [-0.25, -0.2) is 4.79 Å². The van der Waals surface area contributed by atoms with E-state index < -0.39 is 5.97 Å². The minimum absolute atomic E-state index is 0.138. The van der Waals surface area contributed by atoms with E-state index in [2.05, 4.69) is 10.2 Å². The van der Waals surface area contributed by atoms with Crippen LogP contribution in [0.4, 0.5) is 5.82 Å². The fourth-order valence-electron chi connectivity index (χ4n) is 1.20. The lowest BCUT2D eigenvalue weighted by molar-refractivity contribution is 0.0471. The highest BCUT2D eigenvalue weighted by molar-refractivity contribution is 5.93. The van der Waals surface area contributed by atoms with Gasteiger partial charge in [0.1, 0.15) is 5.52 Å². The second-order valence-corrected chi connectivity index (χ2v) is 3.10. The number of nitrogen functional groups attached to an aromatic ring is 1. The molecule has 3 N–H and O–H groups in total. The van der Waals surface area contributed by atoms with Crippen LogP contribution in [-0.4, -0.2) is 22.8 Å². The Morgan fingerprint density at radius 1 is 1.73 bits per heavy atom. The molecule has 2 heterocycles. The maximum atomic E-state index is 11.4. The van der Waals surface area contributed by atoms with Crippen LogP contribution in [0.3, 0.4) is 0 Å². The van der Waals surface area contributed by atoms with Crippen molar-refractivity contribution in [2.24, 2.45) is 0 Å². The van der Waals surface area contributed by atoms with Gasteiger partial charge in [0.15, 0.2) is 11.4 Å². The quantitative estimate of drug-likeness (QED) is 0.743. The summed E-state index contributed by atoms with van der Waals surface area (Å²) in [4.78, 5) is 11.4. The number of hydrogen-bond acceptors (Lipinski definition) is 5. The fourth-order valence-corrected chi connectivity index (χ4v) is 1.20. The number of aromatic nitrogens is 2. The Bertz CT molecular complexity index is 486. The van der Waals surface area contributed by atoms with Crippen LogP contribution in [0, 0.1) is 0 Å². The Morgan fingerprint density at radius 3 is 3.20 bits per heavy atom. The van der Waals surface area contributed by atoms with Gasteiger partial charge in [0.2, 0.25) is 5.76 Å². The number of fused-ring (bicyclic) bond motifs is 1. The molecule has 0 aliphatic heterocycles. The zero-order valence-electron chi connectivity index (χ0n) is 8.24. The summed E-state index contributed by atoms with van der Waals surface area (Å²) in [7, 11) is 0. The van der Waals surface area contributed by atoms with Gasteiger partial charge in [0.05, 0.1) is 6.61 Å². The summed E-state index contributed by atoms with van der Waals surface area (Å²) in [6.07, 6.45) is 0.772. The third-order valence-electron chi connectivity index (χ3n) is 1.90. The number of H-pyrrole nitrogens is 1. The normalized spacial score (nSPS) is 10.7. The third kappa shape index (κ3) is 1.65. The Morgan fingerprint density at radius 2 is 2.53 bits per heavy atom. The van der Waals surface area contributed by atoms with Gasteiger partial charge in [-0.2, -0.15) is 5.10 Å². The highest BCUT2D eigenvalue weighted by Gasteiger charge is 2.16. The van der Waals surface area contributed by atoms with Crippen LogP contribution in [0.25, 0.3) is 11.1 Å². The van der Waals surface area contributed by atoms with Crippen molar-refractivity contribution in [2.75, 3.05) is 12.3 Å². The van der Waals surface area contributed by atoms with Crippen LogP contribution in [0.5, 0.6) is 0 Å². The Kier molecular flexibility index (Phi) is 2.32. The number of esters is 1. The molecule has 0 unspecified atom stereocenters. The zero-order valence-corrected chi connectivity index (χ0v) is 8.24. The number of aromatic amines is 1. The average molecular weight is 209 g/mol. The first kappa shape index (κ1) is 9.57. The van der Waals surface area contributed by atoms with Gasteiger partial charge < -0.3 is 14.9 Å². The topological polar surface area (TPSA) is 94.1 Å². The molecule has 0 saturated carbocycles. The first-order chi connectivity index (χ1) is 7.22. The van der Waals surface area contributed by atoms with E-state index in [0.717, 1.165) is 6.42 Å². The number of hydrogen-bond donors (Lipinski definition) is 2. The number of nitrogens with one attached hydrogen (secondary N) is 1. The lowest BCUT2D eigenvalue weighted by Crippen LogP contribution is -2.04. The Labute approximate surface area is 85.4 Å². The number of anilines is 1. The van der Waals surface area contributed by atoms with Crippen molar-refractivity contribution in [3.05, 3.63) is 11.8 Å². The predicted molar refractivity (Wildman–Crippen MR) is 53.3 cm³/mol. The molecule has 0 aliphatic rings. The van der Waals surface area contributed by atoms with E-state index in [9.17, 15) is 4.79 Å². The first-order valence-electron chi connectivity index (χ1n) is 4.63. The van der Waals surface area contributed by atoms with Crippen molar-refractivity contribution in [2.45, 2.75) is 13.3 Å². The fraction of sp³-hybridized carbons (Fsp3) is 0.333. The van der Waals surface area contributed by atoms with Crippen LogP contribution in [0.2, 0.25) is 0 Å². The summed E-state index contributed by atoms with van der Waals surface area (Å²) < 4.78 is 10.1. The molecule has 6 nitrogen and oxygen atoms in total. The summed E-state index contributed by atoms with van der Waals surface area (Å²) in [5, 5.41) is 6.37. The third-order valence-corrected chi connectivity index (χ3v) is 1.90. The van der Waals surface area contributed by atoms with Gasteiger partial charge >= 0.3 is 5.97 Å². The molecule has 0 atom stereocenters. The maximum absolute atomic E-state index is 11.4. The molecule has 2 rings (SSSR count). The van der Waals surface area contributed by atoms with Crippen molar-refractivity contribution in [1.29, 1.82) is 0 Å². The second-order valence-electron chi connectivity index (χ2n) is 3.10. The van der Waals surface area contributed by atoms with Gasteiger partial charge in [-0.05, 0) is 6.42 Å². The molecule has 0 fully saturated rings. The number of carbonyl (C=O) groups is 1. The molecular weight excluding hydrogens is 198 g/mol. The number of nitrogens with two attached hydrogens (primary N) is 1. The summed E-state index contributed by atoms with van der Waals surface area (Å²) in [5.74, 6) is -0.112. The Hall–Kier alpha value is -1.98. The van der Waals surface area contributed by atoms with Crippen molar-refractivity contribution < 1.29 is 13.9 Å². The number of nitrogens with zero attached hydrogens (tertiary/aromatic N) is 1. The van der Waals surface area contributed by atoms with Crippen molar-refractivity contribution in [3.63, 3.8) is 0 Å². The molecule has 0 aliphatic carbocycles. The molecule has 15 heavy (non-hydrogen) atoms. The van der Waals surface area contributed by atoms with E-state index in [0.29, 0.717) is 17.7 Å². The highest BCUT2D eigenvalue weighted by atomic mass is 16.5. The van der Waals surface area contributed by atoms with E-state index in [-0.39, 0.29) is 11.6 Å². The van der Waals surface area contributed by atoms with Crippen molar-refractivity contribution in [3.8, 4) is 0 Å². The Balaban J connectivity index is 2.24. The second kappa shape index (κ2) is 3.64. The van der Waals surface area contributed by atoms with Gasteiger partial charge in [-0.1, -0.05) is 6.92 Å². The van der Waals surface area contributed by atoms with Gasteiger partial charge in [0, 0.05) is 6.07 Å². The summed E-state index contributed by atoms with van der Waals surface area (Å²) in [6.45, 7) is 2.29. The average Bonchev–Trinajstić information content (AvgIpc) is 2.78. The van der Waals surface area contributed by atoms with Crippen LogP contribution >= 0.6 is 0 Å². The van der Waals surface area contributed by atoms with E-state index in [1.165, 1.54) is 6.07 Å². The lowest BCUT2D eigenvalue weighted by Gasteiger charge is -1.98. The van der Waals surface area contributed by atoms with Crippen molar-refractivity contribution in [1.82, 2.24) is 10.2 Å². The van der Waals surface area contributed by atoms with Crippen LogP contribution in [0.15, 0.2) is 10.5 Å². The minimum Gasteiger partial charge on any atom is -0.460 e. The maximum Gasteiger partial charge on any atom is 0.374 e. The summed E-state index contributed by atoms with van der Waals surface area (Å²) >= 11 is 0. The highest BCUT2D eigenvalue weighted by Crippen LogP contribution is 2.22. The van der Waals surface area contributed by atoms with Crippen molar-refractivity contribution >= 4 is 22.9 Å². The van der Waals surface area contributed by atoms with Gasteiger partial charge in [-0.3, -0.25) is 5.10 Å². The first-order valence-corrected chi connectivity index (χ1v) is 4.63.